The maximum absolute atomic E-state index is 12.6. The minimum absolute atomic E-state index is 0.0798. The van der Waals surface area contributed by atoms with Gasteiger partial charge in [0.2, 0.25) is 11.0 Å². The second-order valence-corrected chi connectivity index (χ2v) is 8.81. The second kappa shape index (κ2) is 9.30. The molecule has 0 radical (unpaired) electrons. The summed E-state index contributed by atoms with van der Waals surface area (Å²) in [5.74, 6) is 0.198. The van der Waals surface area contributed by atoms with E-state index in [2.05, 4.69) is 36.8 Å². The average Bonchev–Trinajstić information content (AvgIpc) is 2.99. The van der Waals surface area contributed by atoms with Crippen molar-refractivity contribution >= 4 is 56.0 Å². The Kier molecular flexibility index (Phi) is 7.39. The molecular formula is C16H19BrN4O2S2. The van der Waals surface area contributed by atoms with Gasteiger partial charge in [-0.3, -0.25) is 14.9 Å². The number of nitrogens with zero attached hydrogens (tertiary/aromatic N) is 2. The summed E-state index contributed by atoms with van der Waals surface area (Å²) in [6.45, 7) is 5.78. The standard InChI is InChI=1S/C16H19BrN4O2S2/c1-4-24-16-21-20-15(25-16)19-14(23)12(9(2)3)18-13(22)10-7-5-6-8-11(10)17/h5-9,12H,4H2,1-3H3,(H,18,22)(H,19,20,23). The van der Waals surface area contributed by atoms with Crippen molar-refractivity contribution in [3.63, 3.8) is 0 Å². The highest BCUT2D eigenvalue weighted by atomic mass is 79.9. The van der Waals surface area contributed by atoms with Crippen molar-refractivity contribution in [3.8, 4) is 0 Å². The number of aromatic nitrogens is 2. The molecule has 2 aromatic rings. The molecule has 0 aliphatic rings. The van der Waals surface area contributed by atoms with Crippen LogP contribution in [0.15, 0.2) is 33.1 Å². The molecule has 134 valence electrons. The molecule has 1 aromatic carbocycles. The van der Waals surface area contributed by atoms with E-state index in [4.69, 9.17) is 0 Å². The summed E-state index contributed by atoms with van der Waals surface area (Å²) in [7, 11) is 0. The smallest absolute Gasteiger partial charge is 0.253 e. The Morgan fingerprint density at radius 1 is 1.28 bits per heavy atom. The number of benzene rings is 1. The summed E-state index contributed by atoms with van der Waals surface area (Å²) in [6, 6.07) is 6.42. The van der Waals surface area contributed by atoms with Gasteiger partial charge in [0.1, 0.15) is 6.04 Å². The Morgan fingerprint density at radius 3 is 2.64 bits per heavy atom. The molecule has 0 spiro atoms. The summed E-state index contributed by atoms with van der Waals surface area (Å²) < 4.78 is 1.48. The van der Waals surface area contributed by atoms with Crippen molar-refractivity contribution in [2.45, 2.75) is 31.2 Å². The zero-order valence-electron chi connectivity index (χ0n) is 14.1. The van der Waals surface area contributed by atoms with Gasteiger partial charge in [0, 0.05) is 4.47 Å². The van der Waals surface area contributed by atoms with E-state index in [9.17, 15) is 9.59 Å². The molecule has 1 atom stereocenters. The van der Waals surface area contributed by atoms with Crippen molar-refractivity contribution < 1.29 is 9.59 Å². The van der Waals surface area contributed by atoms with Crippen LogP contribution in [-0.2, 0) is 4.79 Å². The molecule has 2 rings (SSSR count). The van der Waals surface area contributed by atoms with Crippen LogP contribution in [-0.4, -0.2) is 33.8 Å². The summed E-state index contributed by atoms with van der Waals surface area (Å²) in [5.41, 5.74) is 0.485. The van der Waals surface area contributed by atoms with Gasteiger partial charge in [-0.15, -0.1) is 10.2 Å². The number of carbonyl (C=O) groups is 2. The first-order chi connectivity index (χ1) is 11.9. The van der Waals surface area contributed by atoms with Gasteiger partial charge in [-0.1, -0.05) is 56.0 Å². The molecule has 0 saturated carbocycles. The van der Waals surface area contributed by atoms with Crippen molar-refractivity contribution in [1.29, 1.82) is 0 Å². The zero-order valence-corrected chi connectivity index (χ0v) is 17.3. The number of hydrogen-bond acceptors (Lipinski definition) is 6. The molecule has 25 heavy (non-hydrogen) atoms. The number of anilines is 1. The molecule has 0 saturated heterocycles. The molecule has 2 N–H and O–H groups in total. The van der Waals surface area contributed by atoms with Crippen LogP contribution in [0, 0.1) is 5.92 Å². The fraction of sp³-hybridized carbons (Fsp3) is 0.375. The van der Waals surface area contributed by atoms with E-state index in [0.717, 1.165) is 10.1 Å². The maximum Gasteiger partial charge on any atom is 0.253 e. The third-order valence-corrected chi connectivity index (χ3v) is 5.80. The number of amides is 2. The van der Waals surface area contributed by atoms with Crippen LogP contribution in [0.3, 0.4) is 0 Å². The molecule has 0 fully saturated rings. The minimum atomic E-state index is -0.675. The van der Waals surface area contributed by atoms with Crippen LogP contribution < -0.4 is 10.6 Å². The van der Waals surface area contributed by atoms with Crippen molar-refractivity contribution in [1.82, 2.24) is 15.5 Å². The summed E-state index contributed by atoms with van der Waals surface area (Å²) in [4.78, 5) is 25.0. The molecular weight excluding hydrogens is 424 g/mol. The van der Waals surface area contributed by atoms with E-state index in [0.29, 0.717) is 15.2 Å². The van der Waals surface area contributed by atoms with Crippen LogP contribution in [0.2, 0.25) is 0 Å². The molecule has 1 unspecified atom stereocenters. The minimum Gasteiger partial charge on any atom is -0.340 e. The van der Waals surface area contributed by atoms with E-state index in [1.165, 1.54) is 11.3 Å². The number of rotatable bonds is 7. The van der Waals surface area contributed by atoms with Gasteiger partial charge < -0.3 is 5.32 Å². The summed E-state index contributed by atoms with van der Waals surface area (Å²) in [6.07, 6.45) is 0. The largest absolute Gasteiger partial charge is 0.340 e. The van der Waals surface area contributed by atoms with Gasteiger partial charge in [-0.25, -0.2) is 0 Å². The normalized spacial score (nSPS) is 12.0. The Balaban J connectivity index is 2.07. The predicted octanol–water partition coefficient (Wildman–Crippen LogP) is 3.81. The van der Waals surface area contributed by atoms with E-state index >= 15 is 0 Å². The monoisotopic (exact) mass is 442 g/mol. The maximum atomic E-state index is 12.6. The Labute approximate surface area is 163 Å². The van der Waals surface area contributed by atoms with Gasteiger partial charge in [0.15, 0.2) is 4.34 Å². The molecule has 2 amide bonds. The van der Waals surface area contributed by atoms with Gasteiger partial charge in [0.25, 0.3) is 5.91 Å². The lowest BCUT2D eigenvalue weighted by molar-refractivity contribution is -0.118. The molecule has 0 bridgehead atoms. The van der Waals surface area contributed by atoms with E-state index in [1.54, 1.807) is 30.0 Å². The predicted molar refractivity (Wildman–Crippen MR) is 105 cm³/mol. The highest BCUT2D eigenvalue weighted by Crippen LogP contribution is 2.25. The molecule has 0 aliphatic heterocycles. The van der Waals surface area contributed by atoms with Crippen LogP contribution in [0.1, 0.15) is 31.1 Å². The number of nitrogens with one attached hydrogen (secondary N) is 2. The van der Waals surface area contributed by atoms with Crippen LogP contribution in [0.25, 0.3) is 0 Å². The Hall–Kier alpha value is -1.45. The number of halogens is 1. The third kappa shape index (κ3) is 5.52. The first-order valence-corrected chi connectivity index (χ1v) is 10.3. The SMILES string of the molecule is CCSc1nnc(NC(=O)C(NC(=O)c2ccccc2Br)C(C)C)s1. The summed E-state index contributed by atoms with van der Waals surface area (Å²) in [5, 5.41) is 13.9. The van der Waals surface area contributed by atoms with Gasteiger partial charge in [-0.05, 0) is 39.7 Å². The molecule has 9 heteroatoms. The Bertz CT molecular complexity index is 751. The van der Waals surface area contributed by atoms with Crippen molar-refractivity contribution in [2.24, 2.45) is 5.92 Å². The molecule has 1 heterocycles. The lowest BCUT2D eigenvalue weighted by atomic mass is 10.0. The highest BCUT2D eigenvalue weighted by molar-refractivity contribution is 9.10. The van der Waals surface area contributed by atoms with E-state index < -0.39 is 6.04 Å². The van der Waals surface area contributed by atoms with Gasteiger partial charge in [0.05, 0.1) is 5.56 Å². The molecule has 1 aromatic heterocycles. The van der Waals surface area contributed by atoms with Crippen LogP contribution in [0.4, 0.5) is 5.13 Å². The van der Waals surface area contributed by atoms with Gasteiger partial charge >= 0.3 is 0 Å². The topological polar surface area (TPSA) is 84.0 Å². The molecule has 6 nitrogen and oxygen atoms in total. The lowest BCUT2D eigenvalue weighted by Crippen LogP contribution is -2.47. The number of hydrogen-bond donors (Lipinski definition) is 2. The number of thioether (sulfide) groups is 1. The van der Waals surface area contributed by atoms with Crippen LogP contribution >= 0.6 is 39.0 Å². The second-order valence-electron chi connectivity index (χ2n) is 5.47. The van der Waals surface area contributed by atoms with Crippen LogP contribution in [0.5, 0.6) is 0 Å². The van der Waals surface area contributed by atoms with Crippen molar-refractivity contribution in [3.05, 3.63) is 34.3 Å². The van der Waals surface area contributed by atoms with E-state index in [1.807, 2.05) is 26.8 Å². The average molecular weight is 443 g/mol. The quantitative estimate of drug-likeness (QED) is 0.502. The lowest BCUT2D eigenvalue weighted by Gasteiger charge is -2.21. The van der Waals surface area contributed by atoms with Crippen molar-refractivity contribution in [2.75, 3.05) is 11.1 Å². The highest BCUT2D eigenvalue weighted by Gasteiger charge is 2.26. The Morgan fingerprint density at radius 2 is 2.00 bits per heavy atom. The number of carbonyl (C=O) groups excluding carboxylic acids is 2. The fourth-order valence-corrected chi connectivity index (χ4v) is 4.14. The van der Waals surface area contributed by atoms with E-state index in [-0.39, 0.29) is 17.7 Å². The van der Waals surface area contributed by atoms with Gasteiger partial charge in [-0.2, -0.15) is 0 Å². The third-order valence-electron chi connectivity index (χ3n) is 3.26. The first-order valence-electron chi connectivity index (χ1n) is 7.75. The fourth-order valence-electron chi connectivity index (χ4n) is 2.02. The summed E-state index contributed by atoms with van der Waals surface area (Å²) >= 11 is 6.24. The zero-order chi connectivity index (χ0) is 18.4. The molecule has 0 aliphatic carbocycles. The first kappa shape index (κ1) is 19.9.